The molecule has 2 aromatic heterocycles. The highest BCUT2D eigenvalue weighted by atomic mass is 35.5. The van der Waals surface area contributed by atoms with Crippen LogP contribution in [0.3, 0.4) is 0 Å². The summed E-state index contributed by atoms with van der Waals surface area (Å²) >= 11 is 7.56. The molecule has 0 unspecified atom stereocenters. The molecule has 128 valence electrons. The molecule has 1 aliphatic heterocycles. The van der Waals surface area contributed by atoms with Crippen LogP contribution in [0.1, 0.15) is 11.3 Å². The van der Waals surface area contributed by atoms with Gasteiger partial charge in [0, 0.05) is 11.1 Å². The predicted molar refractivity (Wildman–Crippen MR) is 93.8 cm³/mol. The molecule has 1 atom stereocenters. The van der Waals surface area contributed by atoms with Crippen LogP contribution in [0.4, 0.5) is 0 Å². The molecule has 0 saturated carbocycles. The lowest BCUT2D eigenvalue weighted by Crippen LogP contribution is -2.29. The normalized spacial score (nSPS) is 16.1. The fourth-order valence-electron chi connectivity index (χ4n) is 2.69. The maximum atomic E-state index is 12.3. The Morgan fingerprint density at radius 2 is 2.28 bits per heavy atom. The van der Waals surface area contributed by atoms with Crippen molar-refractivity contribution in [3.63, 3.8) is 0 Å². The van der Waals surface area contributed by atoms with Gasteiger partial charge in [-0.15, -0.1) is 11.3 Å². The van der Waals surface area contributed by atoms with Gasteiger partial charge in [0.1, 0.15) is 24.7 Å². The van der Waals surface area contributed by atoms with E-state index in [1.807, 2.05) is 29.6 Å². The zero-order valence-corrected chi connectivity index (χ0v) is 14.7. The average molecular weight is 376 g/mol. The van der Waals surface area contributed by atoms with Crippen molar-refractivity contribution in [1.82, 2.24) is 5.16 Å². The molecular weight excluding hydrogens is 362 g/mol. The summed E-state index contributed by atoms with van der Waals surface area (Å²) in [6, 6.07) is 11.1. The van der Waals surface area contributed by atoms with Gasteiger partial charge in [-0.05, 0) is 41.6 Å². The van der Waals surface area contributed by atoms with Gasteiger partial charge < -0.3 is 14.0 Å². The van der Waals surface area contributed by atoms with Crippen LogP contribution in [0.5, 0.6) is 5.75 Å². The van der Waals surface area contributed by atoms with Gasteiger partial charge in [0.2, 0.25) is 0 Å². The first-order valence-corrected chi connectivity index (χ1v) is 9.02. The van der Waals surface area contributed by atoms with Crippen LogP contribution in [0.2, 0.25) is 5.02 Å². The molecular formula is C18H14ClNO4S. The monoisotopic (exact) mass is 375 g/mol. The first kappa shape index (κ1) is 16.2. The van der Waals surface area contributed by atoms with Crippen LogP contribution in [0.15, 0.2) is 46.3 Å². The van der Waals surface area contributed by atoms with E-state index in [1.54, 1.807) is 23.5 Å². The number of hydrogen-bond acceptors (Lipinski definition) is 6. The first-order valence-electron chi connectivity index (χ1n) is 7.76. The highest BCUT2D eigenvalue weighted by molar-refractivity contribution is 7.13. The topological polar surface area (TPSA) is 61.6 Å². The molecule has 0 fully saturated rings. The lowest BCUT2D eigenvalue weighted by atomic mass is 9.97. The third-order valence-corrected chi connectivity index (χ3v) is 5.07. The van der Waals surface area contributed by atoms with Crippen molar-refractivity contribution in [2.45, 2.75) is 13.0 Å². The van der Waals surface area contributed by atoms with Crippen molar-refractivity contribution in [3.05, 3.63) is 58.1 Å². The van der Waals surface area contributed by atoms with Crippen molar-refractivity contribution in [2.75, 3.05) is 6.61 Å². The minimum atomic E-state index is -0.352. The van der Waals surface area contributed by atoms with Crippen LogP contribution in [-0.4, -0.2) is 17.7 Å². The van der Waals surface area contributed by atoms with Gasteiger partial charge in [0.25, 0.3) is 0 Å². The van der Waals surface area contributed by atoms with E-state index >= 15 is 0 Å². The maximum Gasteiger partial charge on any atom is 0.313 e. The molecule has 0 spiro atoms. The number of nitrogens with zero attached hydrogens (tertiary/aromatic N) is 1. The number of hydrogen-bond donors (Lipinski definition) is 0. The fourth-order valence-corrected chi connectivity index (χ4v) is 3.56. The molecule has 5 nitrogen and oxygen atoms in total. The van der Waals surface area contributed by atoms with Crippen molar-refractivity contribution < 1.29 is 18.8 Å². The van der Waals surface area contributed by atoms with E-state index in [1.165, 1.54) is 0 Å². The molecule has 3 heterocycles. The van der Waals surface area contributed by atoms with Gasteiger partial charge in [-0.25, -0.2) is 0 Å². The van der Waals surface area contributed by atoms with Crippen LogP contribution < -0.4 is 4.74 Å². The minimum Gasteiger partial charge on any atom is -0.492 e. The number of fused-ring (bicyclic) bond motifs is 1. The van der Waals surface area contributed by atoms with E-state index < -0.39 is 0 Å². The van der Waals surface area contributed by atoms with Gasteiger partial charge in [-0.3, -0.25) is 4.79 Å². The summed E-state index contributed by atoms with van der Waals surface area (Å²) in [7, 11) is 0. The summed E-state index contributed by atoms with van der Waals surface area (Å²) in [6.45, 7) is 0.374. The Kier molecular flexibility index (Phi) is 4.46. The Bertz CT molecular complexity index is 890. The second kappa shape index (κ2) is 6.90. The molecule has 1 aliphatic rings. The SMILES string of the molecule is O=C(OCc1cc(-c2cccs2)on1)[C@H]1COc2ccc(Cl)cc2C1. The number of esters is 1. The average Bonchev–Trinajstić information content (AvgIpc) is 3.30. The lowest BCUT2D eigenvalue weighted by molar-refractivity contribution is -0.151. The fraction of sp³-hybridized carbons (Fsp3) is 0.222. The molecule has 7 heteroatoms. The molecule has 3 aromatic rings. The van der Waals surface area contributed by atoms with Gasteiger partial charge in [0.15, 0.2) is 5.76 Å². The Labute approximate surface area is 153 Å². The largest absolute Gasteiger partial charge is 0.492 e. The first-order chi connectivity index (χ1) is 12.2. The minimum absolute atomic E-state index is 0.0760. The third kappa shape index (κ3) is 3.55. The summed E-state index contributed by atoms with van der Waals surface area (Å²) in [5, 5.41) is 6.53. The zero-order valence-electron chi connectivity index (χ0n) is 13.1. The summed E-state index contributed by atoms with van der Waals surface area (Å²) in [6.07, 6.45) is 0.550. The maximum absolute atomic E-state index is 12.3. The van der Waals surface area contributed by atoms with E-state index in [9.17, 15) is 4.79 Å². The van der Waals surface area contributed by atoms with E-state index in [0.717, 1.165) is 16.2 Å². The summed E-state index contributed by atoms with van der Waals surface area (Å²) in [4.78, 5) is 13.3. The molecule has 0 radical (unpaired) electrons. The van der Waals surface area contributed by atoms with Crippen LogP contribution in [0, 0.1) is 5.92 Å². The molecule has 0 saturated heterocycles. The number of ether oxygens (including phenoxy) is 2. The van der Waals surface area contributed by atoms with E-state index in [2.05, 4.69) is 5.16 Å². The molecule has 0 N–H and O–H groups in total. The summed E-state index contributed by atoms with van der Waals surface area (Å²) in [5.74, 6) is 0.775. The summed E-state index contributed by atoms with van der Waals surface area (Å²) in [5.41, 5.74) is 1.50. The zero-order chi connectivity index (χ0) is 17.2. The lowest BCUT2D eigenvalue weighted by Gasteiger charge is -2.24. The number of benzene rings is 1. The summed E-state index contributed by atoms with van der Waals surface area (Å²) < 4.78 is 16.3. The second-order valence-corrected chi connectivity index (χ2v) is 7.12. The quantitative estimate of drug-likeness (QED) is 0.634. The Morgan fingerprint density at radius 1 is 1.36 bits per heavy atom. The molecule has 4 rings (SSSR count). The van der Waals surface area contributed by atoms with Crippen molar-refractivity contribution in [2.24, 2.45) is 5.92 Å². The van der Waals surface area contributed by atoms with Gasteiger partial charge >= 0.3 is 5.97 Å². The Hall–Kier alpha value is -2.31. The highest BCUT2D eigenvalue weighted by Crippen LogP contribution is 2.30. The number of rotatable bonds is 4. The van der Waals surface area contributed by atoms with E-state index in [-0.39, 0.29) is 18.5 Å². The van der Waals surface area contributed by atoms with Crippen molar-refractivity contribution in [1.29, 1.82) is 0 Å². The standard InChI is InChI=1S/C18H14ClNO4S/c19-13-3-4-15-11(7-13)6-12(9-22-15)18(21)23-10-14-8-16(24-20-14)17-2-1-5-25-17/h1-5,7-8,12H,6,9-10H2/t12-/m1/s1. The Morgan fingerprint density at radius 3 is 3.12 bits per heavy atom. The second-order valence-electron chi connectivity index (χ2n) is 5.73. The molecule has 0 aliphatic carbocycles. The number of carbonyl (C=O) groups is 1. The smallest absolute Gasteiger partial charge is 0.313 e. The van der Waals surface area contributed by atoms with E-state index in [4.69, 9.17) is 25.6 Å². The van der Waals surface area contributed by atoms with Crippen molar-refractivity contribution >= 4 is 28.9 Å². The van der Waals surface area contributed by atoms with Crippen molar-refractivity contribution in [3.8, 4) is 16.4 Å². The molecule has 25 heavy (non-hydrogen) atoms. The number of halogens is 1. The van der Waals surface area contributed by atoms with Gasteiger partial charge in [-0.2, -0.15) is 0 Å². The van der Waals surface area contributed by atoms with Gasteiger partial charge in [0.05, 0.1) is 10.8 Å². The van der Waals surface area contributed by atoms with Crippen LogP contribution in [0.25, 0.3) is 10.6 Å². The molecule has 0 bridgehead atoms. The number of aromatic nitrogens is 1. The third-order valence-electron chi connectivity index (χ3n) is 3.95. The van der Waals surface area contributed by atoms with Crippen LogP contribution >= 0.6 is 22.9 Å². The van der Waals surface area contributed by atoms with E-state index in [0.29, 0.717) is 29.5 Å². The molecule has 1 aromatic carbocycles. The van der Waals surface area contributed by atoms with Crippen LogP contribution in [-0.2, 0) is 22.6 Å². The highest BCUT2D eigenvalue weighted by Gasteiger charge is 2.27. The predicted octanol–water partition coefficient (Wildman–Crippen LogP) is 4.35. The Balaban J connectivity index is 1.37. The molecule has 0 amide bonds. The van der Waals surface area contributed by atoms with Gasteiger partial charge in [-0.1, -0.05) is 22.8 Å². The number of carbonyl (C=O) groups excluding carboxylic acids is 1. The number of thiophene rings is 1.